The first-order chi connectivity index (χ1) is 14.1. The standard InChI is InChI=1S/C23H26N2O4/c1-3-16-10-5-7-12-18(16)24-21(26)19(4-2)25-20-13-8-6-11-17(20)23(22(25)27)28-14-9-15-29-23/h5-8,10-13,19H,3-4,9,14-15H2,1-2H3,(H,24,26). The summed E-state index contributed by atoms with van der Waals surface area (Å²) in [4.78, 5) is 28.3. The zero-order valence-corrected chi connectivity index (χ0v) is 16.8. The third-order valence-corrected chi connectivity index (χ3v) is 5.58. The minimum atomic E-state index is -1.44. The maximum absolute atomic E-state index is 13.5. The van der Waals surface area contributed by atoms with E-state index in [4.69, 9.17) is 9.47 Å². The number of amides is 2. The number of ether oxygens (including phenoxy) is 2. The normalized spacial score (nSPS) is 18.6. The van der Waals surface area contributed by atoms with E-state index in [-0.39, 0.29) is 11.8 Å². The maximum Gasteiger partial charge on any atom is 0.293 e. The number of hydrogen-bond acceptors (Lipinski definition) is 4. The van der Waals surface area contributed by atoms with Crippen LogP contribution in [-0.2, 0) is 31.3 Å². The summed E-state index contributed by atoms with van der Waals surface area (Å²) in [5.41, 5.74) is 3.17. The second-order valence-corrected chi connectivity index (χ2v) is 7.28. The Morgan fingerprint density at radius 1 is 1.10 bits per heavy atom. The highest BCUT2D eigenvalue weighted by molar-refractivity contribution is 6.12. The number of hydrogen-bond donors (Lipinski definition) is 1. The highest BCUT2D eigenvalue weighted by Gasteiger charge is 2.56. The molecule has 2 aliphatic heterocycles. The first-order valence-electron chi connectivity index (χ1n) is 10.2. The van der Waals surface area contributed by atoms with Crippen LogP contribution in [0.25, 0.3) is 0 Å². The number of aryl methyl sites for hydroxylation is 1. The Balaban J connectivity index is 1.68. The summed E-state index contributed by atoms with van der Waals surface area (Å²) < 4.78 is 11.8. The smallest absolute Gasteiger partial charge is 0.293 e. The maximum atomic E-state index is 13.5. The molecular weight excluding hydrogens is 368 g/mol. The van der Waals surface area contributed by atoms with Gasteiger partial charge in [0.25, 0.3) is 11.7 Å². The second kappa shape index (κ2) is 7.97. The van der Waals surface area contributed by atoms with Crippen molar-refractivity contribution in [1.29, 1.82) is 0 Å². The summed E-state index contributed by atoms with van der Waals surface area (Å²) in [5.74, 6) is -1.99. The average molecular weight is 394 g/mol. The fourth-order valence-electron chi connectivity index (χ4n) is 4.12. The molecule has 2 amide bonds. The van der Waals surface area contributed by atoms with E-state index in [0.717, 1.165) is 24.1 Å². The molecule has 1 unspecified atom stereocenters. The molecular formula is C23H26N2O4. The number of para-hydroxylation sites is 2. The molecule has 1 saturated heterocycles. The van der Waals surface area contributed by atoms with Gasteiger partial charge in [0.1, 0.15) is 6.04 Å². The molecule has 152 valence electrons. The predicted octanol–water partition coefficient (Wildman–Crippen LogP) is 3.60. The Morgan fingerprint density at radius 2 is 1.79 bits per heavy atom. The number of rotatable bonds is 5. The molecule has 1 spiro atoms. The second-order valence-electron chi connectivity index (χ2n) is 7.28. The molecule has 1 fully saturated rings. The lowest BCUT2D eigenvalue weighted by Crippen LogP contribution is -2.52. The van der Waals surface area contributed by atoms with Crippen molar-refractivity contribution in [2.24, 2.45) is 0 Å². The van der Waals surface area contributed by atoms with Crippen LogP contribution in [0.1, 0.15) is 37.8 Å². The van der Waals surface area contributed by atoms with E-state index in [1.54, 1.807) is 4.90 Å². The summed E-state index contributed by atoms with van der Waals surface area (Å²) in [6.45, 7) is 4.84. The van der Waals surface area contributed by atoms with Gasteiger partial charge in [0.05, 0.1) is 18.9 Å². The molecule has 2 aromatic rings. The fraction of sp³-hybridized carbons (Fsp3) is 0.391. The number of nitrogens with zero attached hydrogens (tertiary/aromatic N) is 1. The lowest BCUT2D eigenvalue weighted by atomic mass is 10.1. The summed E-state index contributed by atoms with van der Waals surface area (Å²) in [6.07, 6.45) is 2.02. The first-order valence-corrected chi connectivity index (χ1v) is 10.2. The van der Waals surface area contributed by atoms with E-state index in [9.17, 15) is 9.59 Å². The van der Waals surface area contributed by atoms with Crippen LogP contribution >= 0.6 is 0 Å². The molecule has 4 rings (SSSR count). The van der Waals surface area contributed by atoms with Crippen molar-refractivity contribution in [2.45, 2.75) is 44.9 Å². The molecule has 1 atom stereocenters. The van der Waals surface area contributed by atoms with E-state index < -0.39 is 11.8 Å². The third kappa shape index (κ3) is 3.22. The molecule has 6 nitrogen and oxygen atoms in total. The zero-order valence-electron chi connectivity index (χ0n) is 16.8. The number of carbonyl (C=O) groups is 2. The van der Waals surface area contributed by atoms with E-state index in [1.165, 1.54) is 0 Å². The Labute approximate surface area is 170 Å². The third-order valence-electron chi connectivity index (χ3n) is 5.58. The van der Waals surface area contributed by atoms with Gasteiger partial charge in [0.2, 0.25) is 5.91 Å². The van der Waals surface area contributed by atoms with Gasteiger partial charge in [0, 0.05) is 11.3 Å². The lowest BCUT2D eigenvalue weighted by Gasteiger charge is -2.33. The Kier molecular flexibility index (Phi) is 5.39. The number of nitrogens with one attached hydrogen (secondary N) is 1. The minimum Gasteiger partial charge on any atom is -0.338 e. The molecule has 2 aliphatic rings. The molecule has 0 bridgehead atoms. The van der Waals surface area contributed by atoms with Gasteiger partial charge in [-0.25, -0.2) is 0 Å². The Bertz CT molecular complexity index is 921. The van der Waals surface area contributed by atoms with Crippen LogP contribution in [0.15, 0.2) is 48.5 Å². The van der Waals surface area contributed by atoms with Crippen molar-refractivity contribution >= 4 is 23.2 Å². The van der Waals surface area contributed by atoms with Crippen molar-refractivity contribution in [2.75, 3.05) is 23.4 Å². The SMILES string of the molecule is CCc1ccccc1NC(=O)C(CC)N1C(=O)C2(OCCCO2)c2ccccc21. The molecule has 0 saturated carbocycles. The molecule has 1 N–H and O–H groups in total. The quantitative estimate of drug-likeness (QED) is 0.841. The van der Waals surface area contributed by atoms with Crippen LogP contribution in [-0.4, -0.2) is 31.1 Å². The van der Waals surface area contributed by atoms with E-state index in [1.807, 2.05) is 62.4 Å². The summed E-state index contributed by atoms with van der Waals surface area (Å²) in [7, 11) is 0. The molecule has 6 heteroatoms. The molecule has 0 aliphatic carbocycles. The summed E-state index contributed by atoms with van der Waals surface area (Å²) in [6, 6.07) is 14.5. The van der Waals surface area contributed by atoms with Crippen LogP contribution < -0.4 is 10.2 Å². The molecule has 0 aromatic heterocycles. The van der Waals surface area contributed by atoms with Gasteiger partial charge in [-0.1, -0.05) is 50.2 Å². The van der Waals surface area contributed by atoms with Crippen LogP contribution in [0.4, 0.5) is 11.4 Å². The summed E-state index contributed by atoms with van der Waals surface area (Å²) in [5, 5.41) is 3.02. The number of fused-ring (bicyclic) bond motifs is 2. The molecule has 2 heterocycles. The Morgan fingerprint density at radius 3 is 2.52 bits per heavy atom. The van der Waals surface area contributed by atoms with Crippen LogP contribution in [0.3, 0.4) is 0 Å². The van der Waals surface area contributed by atoms with Crippen LogP contribution in [0, 0.1) is 0 Å². The first kappa shape index (κ1) is 19.6. The van der Waals surface area contributed by atoms with Gasteiger partial charge >= 0.3 is 0 Å². The molecule has 0 radical (unpaired) electrons. The van der Waals surface area contributed by atoms with Gasteiger partial charge < -0.3 is 14.8 Å². The Hall–Kier alpha value is -2.70. The minimum absolute atomic E-state index is 0.218. The van der Waals surface area contributed by atoms with Crippen molar-refractivity contribution < 1.29 is 19.1 Å². The topological polar surface area (TPSA) is 67.9 Å². The zero-order chi connectivity index (χ0) is 20.4. The monoisotopic (exact) mass is 394 g/mol. The van der Waals surface area contributed by atoms with Crippen molar-refractivity contribution in [1.82, 2.24) is 0 Å². The highest BCUT2D eigenvalue weighted by atomic mass is 16.7. The lowest BCUT2D eigenvalue weighted by molar-refractivity contribution is -0.256. The van der Waals surface area contributed by atoms with Crippen molar-refractivity contribution in [3.05, 3.63) is 59.7 Å². The van der Waals surface area contributed by atoms with Crippen molar-refractivity contribution in [3.63, 3.8) is 0 Å². The average Bonchev–Trinajstić information content (AvgIpc) is 2.98. The highest BCUT2D eigenvalue weighted by Crippen LogP contribution is 2.46. The predicted molar refractivity (Wildman–Crippen MR) is 111 cm³/mol. The van der Waals surface area contributed by atoms with Gasteiger partial charge in [-0.15, -0.1) is 0 Å². The van der Waals surface area contributed by atoms with E-state index >= 15 is 0 Å². The van der Waals surface area contributed by atoms with Gasteiger partial charge in [-0.05, 0) is 37.0 Å². The van der Waals surface area contributed by atoms with Gasteiger partial charge in [0.15, 0.2) is 0 Å². The van der Waals surface area contributed by atoms with E-state index in [2.05, 4.69) is 5.32 Å². The number of carbonyl (C=O) groups excluding carboxylic acids is 2. The largest absolute Gasteiger partial charge is 0.338 e. The molecule has 29 heavy (non-hydrogen) atoms. The van der Waals surface area contributed by atoms with Gasteiger partial charge in [-0.3, -0.25) is 14.5 Å². The fourth-order valence-corrected chi connectivity index (χ4v) is 4.12. The number of benzene rings is 2. The summed E-state index contributed by atoms with van der Waals surface area (Å²) >= 11 is 0. The van der Waals surface area contributed by atoms with Crippen LogP contribution in [0.2, 0.25) is 0 Å². The van der Waals surface area contributed by atoms with E-state index in [0.29, 0.717) is 30.9 Å². The molecule has 2 aromatic carbocycles. The van der Waals surface area contributed by atoms with Gasteiger partial charge in [-0.2, -0.15) is 0 Å². The number of anilines is 2. The van der Waals surface area contributed by atoms with Crippen molar-refractivity contribution in [3.8, 4) is 0 Å². The van der Waals surface area contributed by atoms with Crippen LogP contribution in [0.5, 0.6) is 0 Å².